The van der Waals surface area contributed by atoms with Crippen LogP contribution in [0.3, 0.4) is 0 Å². The van der Waals surface area contributed by atoms with E-state index in [9.17, 15) is 8.42 Å². The molecule has 1 aromatic rings. The van der Waals surface area contributed by atoms with Gasteiger partial charge in [0.1, 0.15) is 0 Å². The van der Waals surface area contributed by atoms with Gasteiger partial charge in [0.2, 0.25) is 10.0 Å². The third-order valence-corrected chi connectivity index (χ3v) is 6.44. The van der Waals surface area contributed by atoms with Crippen LogP contribution in [0, 0.1) is 5.92 Å². The minimum atomic E-state index is -3.30. The Labute approximate surface area is 127 Å². The van der Waals surface area contributed by atoms with Crippen molar-refractivity contribution in [3.8, 4) is 0 Å². The normalized spacial score (nSPS) is 23.6. The quantitative estimate of drug-likeness (QED) is 0.877. The molecule has 1 saturated heterocycles. The third-order valence-electron chi connectivity index (χ3n) is 4.56. The average Bonchev–Trinajstić information content (AvgIpc) is 3.19. The second-order valence-electron chi connectivity index (χ2n) is 6.23. The Morgan fingerprint density at radius 3 is 2.48 bits per heavy atom. The van der Waals surface area contributed by atoms with Gasteiger partial charge in [0, 0.05) is 25.7 Å². The highest BCUT2D eigenvalue weighted by atomic mass is 32.2. The van der Waals surface area contributed by atoms with E-state index < -0.39 is 10.0 Å². The summed E-state index contributed by atoms with van der Waals surface area (Å²) in [5.74, 6) is 0.516. The monoisotopic (exact) mass is 308 g/mol. The van der Waals surface area contributed by atoms with Crippen molar-refractivity contribution in [3.05, 3.63) is 29.8 Å². The maximum absolute atomic E-state index is 12.6. The summed E-state index contributed by atoms with van der Waals surface area (Å²) in [5, 5.41) is 3.44. The number of sulfonamides is 1. The van der Waals surface area contributed by atoms with E-state index in [0.29, 0.717) is 29.9 Å². The first kappa shape index (κ1) is 15.0. The van der Waals surface area contributed by atoms with Crippen LogP contribution in [0.15, 0.2) is 29.2 Å². The molecule has 1 atom stereocenters. The van der Waals surface area contributed by atoms with Crippen LogP contribution < -0.4 is 5.32 Å². The first-order valence-corrected chi connectivity index (χ1v) is 9.36. The molecule has 1 saturated carbocycles. The van der Waals surface area contributed by atoms with Gasteiger partial charge in [-0.3, -0.25) is 0 Å². The molecule has 2 fully saturated rings. The fraction of sp³-hybridized carbons (Fsp3) is 0.625. The van der Waals surface area contributed by atoms with Gasteiger partial charge in [0.05, 0.1) is 4.90 Å². The SMILES string of the molecule is CCC1CCN(S(=O)(=O)c2ccc(CNC3CC3)cc2)C1. The molecule has 2 aliphatic rings. The largest absolute Gasteiger partial charge is 0.310 e. The smallest absolute Gasteiger partial charge is 0.243 e. The number of hydrogen-bond acceptors (Lipinski definition) is 3. The predicted octanol–water partition coefficient (Wildman–Crippen LogP) is 2.36. The molecule has 0 spiro atoms. The lowest BCUT2D eigenvalue weighted by Crippen LogP contribution is -2.28. The number of hydrogen-bond donors (Lipinski definition) is 1. The lowest BCUT2D eigenvalue weighted by atomic mass is 10.1. The molecule has 1 N–H and O–H groups in total. The molecule has 0 bridgehead atoms. The molecule has 4 nitrogen and oxygen atoms in total. The summed E-state index contributed by atoms with van der Waals surface area (Å²) in [7, 11) is -3.30. The molecule has 5 heteroatoms. The van der Waals surface area contributed by atoms with Crippen molar-refractivity contribution < 1.29 is 8.42 Å². The Morgan fingerprint density at radius 1 is 1.19 bits per heavy atom. The van der Waals surface area contributed by atoms with Gasteiger partial charge >= 0.3 is 0 Å². The van der Waals surface area contributed by atoms with Crippen molar-refractivity contribution in [1.82, 2.24) is 9.62 Å². The molecule has 0 aromatic heterocycles. The zero-order chi connectivity index (χ0) is 14.9. The van der Waals surface area contributed by atoms with E-state index in [4.69, 9.17) is 0 Å². The van der Waals surface area contributed by atoms with E-state index in [-0.39, 0.29) is 0 Å². The average molecular weight is 308 g/mol. The van der Waals surface area contributed by atoms with Gasteiger partial charge < -0.3 is 5.32 Å². The zero-order valence-corrected chi connectivity index (χ0v) is 13.4. The summed E-state index contributed by atoms with van der Waals surface area (Å²) in [6, 6.07) is 8.02. The van der Waals surface area contributed by atoms with Crippen molar-refractivity contribution in [1.29, 1.82) is 0 Å². The Morgan fingerprint density at radius 2 is 1.90 bits per heavy atom. The molecule has 1 aliphatic carbocycles. The minimum Gasteiger partial charge on any atom is -0.310 e. The Bertz CT molecular complexity index is 579. The van der Waals surface area contributed by atoms with Crippen LogP contribution in [0.1, 0.15) is 38.2 Å². The van der Waals surface area contributed by atoms with Crippen LogP contribution in [-0.2, 0) is 16.6 Å². The van der Waals surface area contributed by atoms with E-state index in [0.717, 1.165) is 24.9 Å². The van der Waals surface area contributed by atoms with Gasteiger partial charge in [-0.05, 0) is 42.9 Å². The van der Waals surface area contributed by atoms with Crippen molar-refractivity contribution in [2.75, 3.05) is 13.1 Å². The van der Waals surface area contributed by atoms with E-state index in [1.54, 1.807) is 16.4 Å². The Balaban J connectivity index is 1.67. The molecule has 0 amide bonds. The summed E-state index contributed by atoms with van der Waals surface area (Å²) in [6.45, 7) is 4.28. The van der Waals surface area contributed by atoms with Crippen molar-refractivity contribution >= 4 is 10.0 Å². The van der Waals surface area contributed by atoms with Crippen LogP contribution in [-0.4, -0.2) is 31.9 Å². The molecule has 1 aromatic carbocycles. The summed E-state index contributed by atoms with van der Waals surface area (Å²) in [5.41, 5.74) is 1.15. The first-order chi connectivity index (χ1) is 10.1. The molecule has 1 aliphatic heterocycles. The van der Waals surface area contributed by atoms with Gasteiger partial charge in [0.25, 0.3) is 0 Å². The van der Waals surface area contributed by atoms with Gasteiger partial charge in [-0.25, -0.2) is 8.42 Å². The molecule has 3 rings (SSSR count). The van der Waals surface area contributed by atoms with E-state index >= 15 is 0 Å². The number of benzene rings is 1. The minimum absolute atomic E-state index is 0.425. The molecule has 1 heterocycles. The fourth-order valence-corrected chi connectivity index (χ4v) is 4.36. The summed E-state index contributed by atoms with van der Waals surface area (Å²) < 4.78 is 26.8. The molecule has 21 heavy (non-hydrogen) atoms. The highest BCUT2D eigenvalue weighted by Crippen LogP contribution is 2.26. The first-order valence-electron chi connectivity index (χ1n) is 7.92. The topological polar surface area (TPSA) is 49.4 Å². The van der Waals surface area contributed by atoms with Crippen molar-refractivity contribution in [2.45, 2.75) is 50.1 Å². The maximum Gasteiger partial charge on any atom is 0.243 e. The predicted molar refractivity (Wildman–Crippen MR) is 83.5 cm³/mol. The van der Waals surface area contributed by atoms with Crippen molar-refractivity contribution in [2.24, 2.45) is 5.92 Å². The number of rotatable bonds is 6. The standard InChI is InChI=1S/C16H24N2O2S/c1-2-13-9-10-18(12-13)21(19,20)16-7-3-14(4-8-16)11-17-15-5-6-15/h3-4,7-8,13,15,17H,2,5-6,9-12H2,1H3. The van der Waals surface area contributed by atoms with E-state index in [1.807, 2.05) is 12.1 Å². The van der Waals surface area contributed by atoms with Crippen LogP contribution in [0.4, 0.5) is 0 Å². The highest BCUT2D eigenvalue weighted by Gasteiger charge is 2.31. The molecule has 116 valence electrons. The van der Waals surface area contributed by atoms with Crippen LogP contribution >= 0.6 is 0 Å². The second-order valence-corrected chi connectivity index (χ2v) is 8.16. The highest BCUT2D eigenvalue weighted by molar-refractivity contribution is 7.89. The van der Waals surface area contributed by atoms with E-state index in [1.165, 1.54) is 12.8 Å². The van der Waals surface area contributed by atoms with Crippen LogP contribution in [0.25, 0.3) is 0 Å². The van der Waals surface area contributed by atoms with Gasteiger partial charge in [-0.1, -0.05) is 25.5 Å². The summed E-state index contributed by atoms with van der Waals surface area (Å²) in [4.78, 5) is 0.425. The van der Waals surface area contributed by atoms with Gasteiger partial charge in [0.15, 0.2) is 0 Å². The van der Waals surface area contributed by atoms with Crippen molar-refractivity contribution in [3.63, 3.8) is 0 Å². The molecule has 0 radical (unpaired) electrons. The lowest BCUT2D eigenvalue weighted by Gasteiger charge is -2.16. The lowest BCUT2D eigenvalue weighted by molar-refractivity contribution is 0.453. The fourth-order valence-electron chi connectivity index (χ4n) is 2.83. The summed E-state index contributed by atoms with van der Waals surface area (Å²) in [6.07, 6.45) is 4.57. The molecular formula is C16H24N2O2S. The zero-order valence-electron chi connectivity index (χ0n) is 12.6. The van der Waals surface area contributed by atoms with Gasteiger partial charge in [-0.2, -0.15) is 4.31 Å². The Kier molecular flexibility index (Phi) is 4.33. The van der Waals surface area contributed by atoms with Gasteiger partial charge in [-0.15, -0.1) is 0 Å². The number of nitrogens with one attached hydrogen (secondary N) is 1. The second kappa shape index (κ2) is 6.07. The van der Waals surface area contributed by atoms with E-state index in [2.05, 4.69) is 12.2 Å². The maximum atomic E-state index is 12.6. The van der Waals surface area contributed by atoms with Crippen LogP contribution in [0.5, 0.6) is 0 Å². The third kappa shape index (κ3) is 3.47. The number of nitrogens with zero attached hydrogens (tertiary/aromatic N) is 1. The molecule has 1 unspecified atom stereocenters. The van der Waals surface area contributed by atoms with Crippen LogP contribution in [0.2, 0.25) is 0 Å². The molecular weight excluding hydrogens is 284 g/mol. The summed E-state index contributed by atoms with van der Waals surface area (Å²) >= 11 is 0. The Hall–Kier alpha value is -0.910.